The Morgan fingerprint density at radius 2 is 1.67 bits per heavy atom. The third-order valence-corrected chi connectivity index (χ3v) is 4.84. The average Bonchev–Trinajstić information content (AvgIpc) is 2.25. The first-order valence-electron chi connectivity index (χ1n) is 6.39. The quantitative estimate of drug-likeness (QED) is 0.680. The molecule has 0 heterocycles. The highest BCUT2D eigenvalue weighted by atomic mass is 32.2. The molecule has 0 aliphatic carbocycles. The van der Waals surface area contributed by atoms with Crippen LogP contribution in [0, 0.1) is 5.92 Å². The smallest absolute Gasteiger partial charge is 0.236 e. The summed E-state index contributed by atoms with van der Waals surface area (Å²) in [4.78, 5) is 11.6. The van der Waals surface area contributed by atoms with Crippen molar-refractivity contribution < 1.29 is 13.2 Å². The number of hydrogen-bond acceptors (Lipinski definition) is 4. The SMILES string of the molecule is CC(C)CNC(=O)C(C)NCCS(=O)(=O)C(C)C. The first-order chi connectivity index (χ1) is 8.16. The number of amides is 1. The molecule has 0 fully saturated rings. The lowest BCUT2D eigenvalue weighted by Crippen LogP contribution is -2.44. The second-order valence-corrected chi connectivity index (χ2v) is 7.91. The summed E-state index contributed by atoms with van der Waals surface area (Å²) < 4.78 is 23.1. The normalized spacial score (nSPS) is 13.9. The lowest BCUT2D eigenvalue weighted by atomic mass is 10.2. The maximum absolute atomic E-state index is 11.6. The maximum Gasteiger partial charge on any atom is 0.236 e. The van der Waals surface area contributed by atoms with Crippen molar-refractivity contribution in [2.45, 2.75) is 45.9 Å². The Labute approximate surface area is 111 Å². The van der Waals surface area contributed by atoms with Crippen LogP contribution in [0.25, 0.3) is 0 Å². The number of nitrogens with one attached hydrogen (secondary N) is 2. The van der Waals surface area contributed by atoms with Crippen LogP contribution in [0.15, 0.2) is 0 Å². The molecule has 0 aliphatic heterocycles. The maximum atomic E-state index is 11.6. The molecule has 0 spiro atoms. The summed E-state index contributed by atoms with van der Waals surface area (Å²) in [6.07, 6.45) is 0. The van der Waals surface area contributed by atoms with E-state index >= 15 is 0 Å². The standard InChI is InChI=1S/C12H26N2O3S/c1-9(2)8-14-12(15)11(5)13-6-7-18(16,17)10(3)4/h9-11,13H,6-8H2,1-5H3,(H,14,15). The zero-order valence-electron chi connectivity index (χ0n) is 12.0. The Bertz CT molecular complexity index is 350. The minimum atomic E-state index is -3.04. The molecule has 0 saturated carbocycles. The van der Waals surface area contributed by atoms with Crippen molar-refractivity contribution in [3.63, 3.8) is 0 Å². The molecule has 0 aromatic rings. The zero-order chi connectivity index (χ0) is 14.3. The van der Waals surface area contributed by atoms with Crippen LogP contribution < -0.4 is 10.6 Å². The van der Waals surface area contributed by atoms with Crippen LogP contribution >= 0.6 is 0 Å². The molecule has 0 rings (SSSR count). The topological polar surface area (TPSA) is 75.3 Å². The average molecular weight is 278 g/mol. The molecule has 0 radical (unpaired) electrons. The van der Waals surface area contributed by atoms with E-state index in [0.29, 0.717) is 19.0 Å². The summed E-state index contributed by atoms with van der Waals surface area (Å²) in [5, 5.41) is 5.36. The molecule has 1 amide bonds. The number of carbonyl (C=O) groups is 1. The van der Waals surface area contributed by atoms with Crippen molar-refractivity contribution in [3.8, 4) is 0 Å². The van der Waals surface area contributed by atoms with Gasteiger partial charge in [-0.15, -0.1) is 0 Å². The molecule has 0 bridgehead atoms. The van der Waals surface area contributed by atoms with Crippen LogP contribution in [0.2, 0.25) is 0 Å². The predicted molar refractivity (Wildman–Crippen MR) is 74.2 cm³/mol. The molecular formula is C12H26N2O3S. The Hall–Kier alpha value is -0.620. The molecule has 0 aliphatic rings. The number of sulfone groups is 1. The summed E-state index contributed by atoms with van der Waals surface area (Å²) in [6, 6.07) is -0.369. The largest absolute Gasteiger partial charge is 0.354 e. The molecule has 1 atom stereocenters. The van der Waals surface area contributed by atoms with Crippen molar-refractivity contribution in [1.29, 1.82) is 0 Å². The highest BCUT2D eigenvalue weighted by molar-refractivity contribution is 7.92. The molecule has 0 saturated heterocycles. The minimum Gasteiger partial charge on any atom is -0.354 e. The van der Waals surface area contributed by atoms with Gasteiger partial charge in [0.15, 0.2) is 9.84 Å². The molecule has 6 heteroatoms. The van der Waals surface area contributed by atoms with Gasteiger partial charge in [-0.25, -0.2) is 8.42 Å². The van der Waals surface area contributed by atoms with Gasteiger partial charge in [0.25, 0.3) is 0 Å². The van der Waals surface area contributed by atoms with E-state index in [9.17, 15) is 13.2 Å². The summed E-state index contributed by atoms with van der Waals surface area (Å²) in [7, 11) is -3.04. The van der Waals surface area contributed by atoms with E-state index in [0.717, 1.165) is 0 Å². The van der Waals surface area contributed by atoms with Crippen LogP contribution in [0.4, 0.5) is 0 Å². The molecule has 0 aromatic carbocycles. The summed E-state index contributed by atoms with van der Waals surface area (Å²) in [6.45, 7) is 10.0. The van der Waals surface area contributed by atoms with Gasteiger partial charge in [0.2, 0.25) is 5.91 Å². The predicted octanol–water partition coefficient (Wildman–Crippen LogP) is 0.560. The lowest BCUT2D eigenvalue weighted by molar-refractivity contribution is -0.122. The molecule has 108 valence electrons. The summed E-state index contributed by atoms with van der Waals surface area (Å²) in [5.41, 5.74) is 0. The molecular weight excluding hydrogens is 252 g/mol. The van der Waals surface area contributed by atoms with E-state index in [1.54, 1.807) is 20.8 Å². The highest BCUT2D eigenvalue weighted by Crippen LogP contribution is 1.99. The van der Waals surface area contributed by atoms with Gasteiger partial charge in [0.05, 0.1) is 17.0 Å². The van der Waals surface area contributed by atoms with Crippen molar-refractivity contribution in [1.82, 2.24) is 10.6 Å². The van der Waals surface area contributed by atoms with Gasteiger partial charge < -0.3 is 10.6 Å². The molecule has 1 unspecified atom stereocenters. The lowest BCUT2D eigenvalue weighted by Gasteiger charge is -2.15. The van der Waals surface area contributed by atoms with E-state index in [4.69, 9.17) is 0 Å². The van der Waals surface area contributed by atoms with Gasteiger partial charge in [-0.05, 0) is 26.7 Å². The van der Waals surface area contributed by atoms with Gasteiger partial charge in [0, 0.05) is 13.1 Å². The van der Waals surface area contributed by atoms with Crippen molar-refractivity contribution >= 4 is 15.7 Å². The van der Waals surface area contributed by atoms with Crippen LogP contribution in [0.3, 0.4) is 0 Å². The van der Waals surface area contributed by atoms with E-state index in [-0.39, 0.29) is 23.0 Å². The van der Waals surface area contributed by atoms with E-state index in [1.165, 1.54) is 0 Å². The van der Waals surface area contributed by atoms with Crippen LogP contribution in [-0.2, 0) is 14.6 Å². The molecule has 18 heavy (non-hydrogen) atoms. The van der Waals surface area contributed by atoms with Gasteiger partial charge in [-0.3, -0.25) is 4.79 Å². The van der Waals surface area contributed by atoms with E-state index in [1.807, 2.05) is 13.8 Å². The van der Waals surface area contributed by atoms with E-state index in [2.05, 4.69) is 10.6 Å². The third-order valence-electron chi connectivity index (χ3n) is 2.63. The zero-order valence-corrected chi connectivity index (χ0v) is 12.8. The minimum absolute atomic E-state index is 0.0620. The number of rotatable bonds is 8. The van der Waals surface area contributed by atoms with Crippen molar-refractivity contribution in [2.75, 3.05) is 18.8 Å². The van der Waals surface area contributed by atoms with Crippen molar-refractivity contribution in [3.05, 3.63) is 0 Å². The Morgan fingerprint density at radius 3 is 2.11 bits per heavy atom. The third kappa shape index (κ3) is 6.96. The molecule has 5 nitrogen and oxygen atoms in total. The fraction of sp³-hybridized carbons (Fsp3) is 0.917. The number of hydrogen-bond donors (Lipinski definition) is 2. The first kappa shape index (κ1) is 17.4. The van der Waals surface area contributed by atoms with Gasteiger partial charge in [0.1, 0.15) is 0 Å². The Balaban J connectivity index is 3.97. The van der Waals surface area contributed by atoms with Crippen molar-refractivity contribution in [2.24, 2.45) is 5.92 Å². The second-order valence-electron chi connectivity index (χ2n) is 5.23. The van der Waals surface area contributed by atoms with Gasteiger partial charge >= 0.3 is 0 Å². The molecule has 2 N–H and O–H groups in total. The van der Waals surface area contributed by atoms with Crippen LogP contribution in [0.1, 0.15) is 34.6 Å². The molecule has 0 aromatic heterocycles. The summed E-state index contributed by atoms with van der Waals surface area (Å²) in [5.74, 6) is 0.375. The first-order valence-corrected chi connectivity index (χ1v) is 8.11. The Kier molecular flexibility index (Phi) is 7.47. The fourth-order valence-electron chi connectivity index (χ4n) is 1.20. The van der Waals surface area contributed by atoms with Gasteiger partial charge in [-0.1, -0.05) is 13.8 Å². The van der Waals surface area contributed by atoms with Crippen LogP contribution in [-0.4, -0.2) is 44.5 Å². The summed E-state index contributed by atoms with van der Waals surface area (Å²) >= 11 is 0. The highest BCUT2D eigenvalue weighted by Gasteiger charge is 2.17. The second kappa shape index (κ2) is 7.74. The van der Waals surface area contributed by atoms with Crippen LogP contribution in [0.5, 0.6) is 0 Å². The number of carbonyl (C=O) groups excluding carboxylic acids is 1. The van der Waals surface area contributed by atoms with Gasteiger partial charge in [-0.2, -0.15) is 0 Å². The monoisotopic (exact) mass is 278 g/mol. The fourth-order valence-corrected chi connectivity index (χ4v) is 2.08. The van der Waals surface area contributed by atoms with E-state index < -0.39 is 9.84 Å². The Morgan fingerprint density at radius 1 is 1.11 bits per heavy atom.